The van der Waals surface area contributed by atoms with E-state index in [0.29, 0.717) is 19.4 Å². The molecule has 0 radical (unpaired) electrons. The molecule has 1 N–H and O–H groups in total. The fourth-order valence-electron chi connectivity index (χ4n) is 2.18. The maximum absolute atomic E-state index is 12.7. The second kappa shape index (κ2) is 5.33. The first-order valence-electron chi connectivity index (χ1n) is 6.35. The Morgan fingerprint density at radius 2 is 2.05 bits per heavy atom. The summed E-state index contributed by atoms with van der Waals surface area (Å²) in [7, 11) is 0. The number of para-hydroxylation sites is 1. The number of halogens is 1. The zero-order valence-electron chi connectivity index (χ0n) is 11.1. The van der Waals surface area contributed by atoms with E-state index in [4.69, 9.17) is 0 Å². The van der Waals surface area contributed by atoms with Gasteiger partial charge in [-0.05, 0) is 41.4 Å². The Kier molecular flexibility index (Phi) is 3.94. The molecule has 1 atom stereocenters. The van der Waals surface area contributed by atoms with Crippen molar-refractivity contribution in [2.45, 2.75) is 32.2 Å². The number of hydrogen-bond acceptors (Lipinski definition) is 2. The molecule has 1 fully saturated rings. The molecule has 2 rings (SSSR count). The number of anilines is 1. The number of hydrogen-bond donors (Lipinski definition) is 1. The van der Waals surface area contributed by atoms with E-state index in [-0.39, 0.29) is 11.8 Å². The van der Waals surface area contributed by atoms with Crippen LogP contribution in [0.5, 0.6) is 0 Å². The van der Waals surface area contributed by atoms with Crippen LogP contribution < -0.4 is 10.2 Å². The molecule has 1 saturated heterocycles. The van der Waals surface area contributed by atoms with Gasteiger partial charge in [0.1, 0.15) is 5.54 Å². The Bertz CT molecular complexity index is 518. The third-order valence-electron chi connectivity index (χ3n) is 3.55. The first kappa shape index (κ1) is 14.1. The molecule has 1 aliphatic heterocycles. The van der Waals surface area contributed by atoms with Gasteiger partial charge in [0.15, 0.2) is 0 Å². The molecule has 19 heavy (non-hydrogen) atoms. The van der Waals surface area contributed by atoms with E-state index >= 15 is 0 Å². The van der Waals surface area contributed by atoms with Crippen LogP contribution in [0.25, 0.3) is 0 Å². The summed E-state index contributed by atoms with van der Waals surface area (Å²) in [6.45, 7) is 4.09. The largest absolute Gasteiger partial charge is 0.342 e. The molecule has 1 unspecified atom stereocenters. The first-order chi connectivity index (χ1) is 8.98. The number of nitrogens with one attached hydrogen (secondary N) is 1. The van der Waals surface area contributed by atoms with Gasteiger partial charge in [0.25, 0.3) is 5.91 Å². The van der Waals surface area contributed by atoms with E-state index in [2.05, 4.69) is 21.2 Å². The van der Waals surface area contributed by atoms with Crippen LogP contribution in [0.15, 0.2) is 28.7 Å². The molecule has 4 nitrogen and oxygen atoms in total. The Morgan fingerprint density at radius 1 is 1.37 bits per heavy atom. The summed E-state index contributed by atoms with van der Waals surface area (Å²) in [5, 5.41) is 2.83. The summed E-state index contributed by atoms with van der Waals surface area (Å²) in [5.74, 6) is -0.139. The van der Waals surface area contributed by atoms with Crippen molar-refractivity contribution < 1.29 is 9.59 Å². The van der Waals surface area contributed by atoms with Gasteiger partial charge >= 0.3 is 0 Å². The van der Waals surface area contributed by atoms with Gasteiger partial charge in [0.2, 0.25) is 5.91 Å². The van der Waals surface area contributed by atoms with Gasteiger partial charge < -0.3 is 10.2 Å². The van der Waals surface area contributed by atoms with Crippen LogP contribution in [0.4, 0.5) is 5.69 Å². The minimum Gasteiger partial charge on any atom is -0.342 e. The molecule has 5 heteroatoms. The zero-order chi connectivity index (χ0) is 14.0. The van der Waals surface area contributed by atoms with E-state index in [1.165, 1.54) is 0 Å². The Balaban J connectivity index is 2.43. The summed E-state index contributed by atoms with van der Waals surface area (Å²) in [5.41, 5.74) is -0.0215. The highest BCUT2D eigenvalue weighted by atomic mass is 79.9. The van der Waals surface area contributed by atoms with Gasteiger partial charge in [-0.25, -0.2) is 0 Å². The van der Waals surface area contributed by atoms with E-state index in [9.17, 15) is 9.59 Å². The van der Waals surface area contributed by atoms with Crippen molar-refractivity contribution in [1.82, 2.24) is 5.32 Å². The lowest BCUT2D eigenvalue weighted by Crippen LogP contribution is -2.54. The van der Waals surface area contributed by atoms with Gasteiger partial charge in [0, 0.05) is 17.4 Å². The Morgan fingerprint density at radius 3 is 2.68 bits per heavy atom. The van der Waals surface area contributed by atoms with E-state index in [1.807, 2.05) is 31.2 Å². The van der Waals surface area contributed by atoms with Crippen LogP contribution in [0.3, 0.4) is 0 Å². The number of amides is 2. The summed E-state index contributed by atoms with van der Waals surface area (Å²) in [6, 6.07) is 7.56. The number of carbonyl (C=O) groups is 2. The SMILES string of the molecule is CCC1(C)NC(=O)CCN(c2ccccc2Br)C1=O. The molecule has 0 bridgehead atoms. The second-order valence-corrected chi connectivity index (χ2v) is 5.75. The van der Waals surface area contributed by atoms with E-state index in [0.717, 1.165) is 10.2 Å². The summed E-state index contributed by atoms with van der Waals surface area (Å²) in [6.07, 6.45) is 0.890. The summed E-state index contributed by atoms with van der Waals surface area (Å²) < 4.78 is 0.858. The topological polar surface area (TPSA) is 49.4 Å². The van der Waals surface area contributed by atoms with Crippen molar-refractivity contribution in [2.75, 3.05) is 11.4 Å². The maximum atomic E-state index is 12.7. The molecule has 102 valence electrons. The third kappa shape index (κ3) is 2.66. The fraction of sp³-hybridized carbons (Fsp3) is 0.429. The van der Waals surface area contributed by atoms with Crippen molar-refractivity contribution in [3.63, 3.8) is 0 Å². The van der Waals surface area contributed by atoms with Crippen LogP contribution in [-0.2, 0) is 9.59 Å². The van der Waals surface area contributed by atoms with Crippen LogP contribution in [0.1, 0.15) is 26.7 Å². The summed E-state index contributed by atoms with van der Waals surface area (Å²) >= 11 is 3.46. The lowest BCUT2D eigenvalue weighted by Gasteiger charge is -2.31. The average molecular weight is 325 g/mol. The quantitative estimate of drug-likeness (QED) is 0.908. The maximum Gasteiger partial charge on any atom is 0.252 e. The molecule has 0 aliphatic carbocycles. The first-order valence-corrected chi connectivity index (χ1v) is 7.15. The van der Waals surface area contributed by atoms with Crippen LogP contribution in [-0.4, -0.2) is 23.9 Å². The molecule has 2 amide bonds. The van der Waals surface area contributed by atoms with Gasteiger partial charge in [0.05, 0.1) is 5.69 Å². The molecule has 1 aliphatic rings. The minimum absolute atomic E-state index is 0.0623. The highest BCUT2D eigenvalue weighted by Crippen LogP contribution is 2.29. The van der Waals surface area contributed by atoms with Crippen molar-refractivity contribution in [3.8, 4) is 0 Å². The van der Waals surface area contributed by atoms with Gasteiger partial charge in [-0.1, -0.05) is 19.1 Å². The Hall–Kier alpha value is -1.36. The molecule has 0 spiro atoms. The van der Waals surface area contributed by atoms with Crippen LogP contribution >= 0.6 is 15.9 Å². The summed E-state index contributed by atoms with van der Waals surface area (Å²) in [4.78, 5) is 26.1. The van der Waals surface area contributed by atoms with Crippen molar-refractivity contribution in [3.05, 3.63) is 28.7 Å². The molecular weight excluding hydrogens is 308 g/mol. The molecule has 0 saturated carbocycles. The predicted octanol–water partition coefficient (Wildman–Crippen LogP) is 2.47. The zero-order valence-corrected chi connectivity index (χ0v) is 12.7. The van der Waals surface area contributed by atoms with Crippen molar-refractivity contribution >= 4 is 33.4 Å². The van der Waals surface area contributed by atoms with Gasteiger partial charge in [-0.2, -0.15) is 0 Å². The normalized spacial score (nSPS) is 24.1. The number of nitrogens with zero attached hydrogens (tertiary/aromatic N) is 1. The molecular formula is C14H17BrN2O2. The highest BCUT2D eigenvalue weighted by Gasteiger charge is 2.39. The smallest absolute Gasteiger partial charge is 0.252 e. The Labute approximate surface area is 121 Å². The highest BCUT2D eigenvalue weighted by molar-refractivity contribution is 9.10. The van der Waals surface area contributed by atoms with E-state index < -0.39 is 5.54 Å². The second-order valence-electron chi connectivity index (χ2n) is 4.89. The lowest BCUT2D eigenvalue weighted by molar-refractivity contribution is -0.129. The monoisotopic (exact) mass is 324 g/mol. The lowest BCUT2D eigenvalue weighted by atomic mass is 9.97. The average Bonchev–Trinajstić information content (AvgIpc) is 2.50. The number of rotatable bonds is 2. The van der Waals surface area contributed by atoms with Crippen molar-refractivity contribution in [2.24, 2.45) is 0 Å². The number of benzene rings is 1. The van der Waals surface area contributed by atoms with Crippen LogP contribution in [0.2, 0.25) is 0 Å². The van der Waals surface area contributed by atoms with Crippen molar-refractivity contribution in [1.29, 1.82) is 0 Å². The molecule has 1 aromatic rings. The predicted molar refractivity (Wildman–Crippen MR) is 78.0 cm³/mol. The molecule has 1 heterocycles. The molecule has 0 aromatic heterocycles. The third-order valence-corrected chi connectivity index (χ3v) is 4.22. The minimum atomic E-state index is -0.830. The van der Waals surface area contributed by atoms with E-state index in [1.54, 1.807) is 11.8 Å². The number of carbonyl (C=O) groups excluding carboxylic acids is 2. The standard InChI is InChI=1S/C14H17BrN2O2/c1-3-14(2)13(19)17(9-8-12(18)16-14)11-7-5-4-6-10(11)15/h4-7H,3,8-9H2,1-2H3,(H,16,18). The molecule has 1 aromatic carbocycles. The van der Waals surface area contributed by atoms with Gasteiger partial charge in [-0.3, -0.25) is 9.59 Å². The van der Waals surface area contributed by atoms with Crippen LogP contribution in [0, 0.1) is 0 Å². The fourth-order valence-corrected chi connectivity index (χ4v) is 2.68. The van der Waals surface area contributed by atoms with Gasteiger partial charge in [-0.15, -0.1) is 0 Å².